The van der Waals surface area contributed by atoms with Gasteiger partial charge in [-0.1, -0.05) is 25.4 Å². The van der Waals surface area contributed by atoms with E-state index in [9.17, 15) is 9.59 Å². The van der Waals surface area contributed by atoms with E-state index < -0.39 is 11.9 Å². The molecule has 0 saturated carbocycles. The van der Waals surface area contributed by atoms with Crippen LogP contribution in [0.2, 0.25) is 5.02 Å². The van der Waals surface area contributed by atoms with Gasteiger partial charge in [-0.3, -0.25) is 9.78 Å². The first-order chi connectivity index (χ1) is 13.0. The number of aromatic nitrogens is 1. The van der Waals surface area contributed by atoms with Crippen LogP contribution in [0.15, 0.2) is 42.6 Å². The smallest absolute Gasteiger partial charge is 0.328 e. The zero-order valence-electron chi connectivity index (χ0n) is 15.8. The maximum Gasteiger partial charge on any atom is 0.328 e. The molecule has 0 saturated heterocycles. The van der Waals surface area contributed by atoms with Crippen molar-refractivity contribution in [2.24, 2.45) is 0 Å². The van der Waals surface area contributed by atoms with Gasteiger partial charge in [-0.25, -0.2) is 4.79 Å². The summed E-state index contributed by atoms with van der Waals surface area (Å²) in [7, 11) is 0. The monoisotopic (exact) mass is 391 g/mol. The number of rotatable bonds is 8. The molecule has 1 unspecified atom stereocenters. The fourth-order valence-corrected chi connectivity index (χ4v) is 2.58. The van der Waals surface area contributed by atoms with Crippen LogP contribution in [0, 0.1) is 0 Å². The zero-order valence-corrected chi connectivity index (χ0v) is 16.6. The lowest BCUT2D eigenvalue weighted by atomic mass is 10.1. The Labute approximate surface area is 164 Å². The number of amides is 1. The van der Waals surface area contributed by atoms with Crippen LogP contribution in [-0.4, -0.2) is 34.6 Å². The van der Waals surface area contributed by atoms with Gasteiger partial charge in [-0.2, -0.15) is 0 Å². The van der Waals surface area contributed by atoms with Gasteiger partial charge in [0.15, 0.2) is 0 Å². The van der Waals surface area contributed by atoms with E-state index in [-0.39, 0.29) is 6.04 Å². The van der Waals surface area contributed by atoms with Crippen molar-refractivity contribution in [3.8, 4) is 0 Å². The van der Waals surface area contributed by atoms with Crippen LogP contribution in [0.3, 0.4) is 0 Å². The first-order valence-corrected chi connectivity index (χ1v) is 9.33. The molecule has 1 aromatic heterocycles. The standard InChI is InChI=1S/C18H20ClN3O3.C2H6/c1-12(3-2-9-21-17(23)6-7-18(24)25)22-15-8-10-20-16-11-13(19)4-5-14(15)16;1-2/h4-8,10-12H,2-3,9H2,1H3,(H,20,22)(H,21,23)(H,24,25);1-2H3/b7-6+;. The summed E-state index contributed by atoms with van der Waals surface area (Å²) in [5.41, 5.74) is 1.82. The largest absolute Gasteiger partial charge is 0.478 e. The van der Waals surface area contributed by atoms with Crippen molar-refractivity contribution < 1.29 is 14.7 Å². The van der Waals surface area contributed by atoms with Gasteiger partial charge in [0.2, 0.25) is 5.91 Å². The maximum absolute atomic E-state index is 11.4. The number of carboxylic acid groups (broad SMARTS) is 1. The van der Waals surface area contributed by atoms with E-state index in [1.54, 1.807) is 6.20 Å². The summed E-state index contributed by atoms with van der Waals surface area (Å²) in [6.45, 7) is 6.55. The van der Waals surface area contributed by atoms with Gasteiger partial charge in [0, 0.05) is 47.0 Å². The Morgan fingerprint density at radius 2 is 2.00 bits per heavy atom. The van der Waals surface area contributed by atoms with E-state index >= 15 is 0 Å². The minimum Gasteiger partial charge on any atom is -0.478 e. The fraction of sp³-hybridized carbons (Fsp3) is 0.350. The highest BCUT2D eigenvalue weighted by atomic mass is 35.5. The van der Waals surface area contributed by atoms with Crippen molar-refractivity contribution in [2.45, 2.75) is 39.7 Å². The minimum atomic E-state index is -1.14. The molecule has 7 heteroatoms. The lowest BCUT2D eigenvalue weighted by Crippen LogP contribution is -2.24. The van der Waals surface area contributed by atoms with Crippen molar-refractivity contribution in [3.05, 3.63) is 47.6 Å². The third kappa shape index (κ3) is 8.09. The number of aliphatic carboxylic acids is 1. The topological polar surface area (TPSA) is 91.3 Å². The summed E-state index contributed by atoms with van der Waals surface area (Å²) in [4.78, 5) is 26.0. The highest BCUT2D eigenvalue weighted by Crippen LogP contribution is 2.25. The summed E-state index contributed by atoms with van der Waals surface area (Å²) in [5.74, 6) is -1.54. The number of carbonyl (C=O) groups is 2. The normalized spacial score (nSPS) is 11.6. The molecule has 0 spiro atoms. The molecule has 2 rings (SSSR count). The molecule has 1 aromatic carbocycles. The van der Waals surface area contributed by atoms with Gasteiger partial charge in [0.25, 0.3) is 0 Å². The van der Waals surface area contributed by atoms with E-state index in [4.69, 9.17) is 16.7 Å². The van der Waals surface area contributed by atoms with Crippen LogP contribution in [-0.2, 0) is 9.59 Å². The van der Waals surface area contributed by atoms with E-state index in [1.165, 1.54) is 0 Å². The van der Waals surface area contributed by atoms with Crippen molar-refractivity contribution >= 4 is 40.1 Å². The Balaban J connectivity index is 0.00000176. The number of nitrogens with zero attached hydrogens (tertiary/aromatic N) is 1. The average molecular weight is 392 g/mol. The number of hydrogen-bond donors (Lipinski definition) is 3. The first kappa shape index (κ1) is 22.4. The van der Waals surface area contributed by atoms with Gasteiger partial charge >= 0.3 is 5.97 Å². The molecule has 27 heavy (non-hydrogen) atoms. The fourth-order valence-electron chi connectivity index (χ4n) is 2.41. The van der Waals surface area contributed by atoms with Gasteiger partial charge in [0.05, 0.1) is 5.52 Å². The van der Waals surface area contributed by atoms with Crippen LogP contribution in [0.4, 0.5) is 5.69 Å². The second-order valence-electron chi connectivity index (χ2n) is 5.67. The maximum atomic E-state index is 11.4. The predicted octanol–water partition coefficient (Wildman–Crippen LogP) is 4.25. The molecule has 146 valence electrons. The quantitative estimate of drug-likeness (QED) is 0.462. The molecule has 1 atom stereocenters. The average Bonchev–Trinajstić information content (AvgIpc) is 2.65. The molecule has 3 N–H and O–H groups in total. The third-order valence-electron chi connectivity index (χ3n) is 3.60. The number of carboxylic acids is 1. The number of fused-ring (bicyclic) bond motifs is 1. The minimum absolute atomic E-state index is 0.202. The molecule has 0 radical (unpaired) electrons. The second kappa shape index (κ2) is 11.9. The number of anilines is 1. The summed E-state index contributed by atoms with van der Waals surface area (Å²) in [5, 5.41) is 16.2. The number of hydrogen-bond acceptors (Lipinski definition) is 4. The molecular weight excluding hydrogens is 366 g/mol. The Bertz CT molecular complexity index is 793. The number of pyridine rings is 1. The zero-order chi connectivity index (χ0) is 20.2. The van der Waals surface area contributed by atoms with Crippen molar-refractivity contribution in [1.29, 1.82) is 0 Å². The van der Waals surface area contributed by atoms with Crippen molar-refractivity contribution in [3.63, 3.8) is 0 Å². The SMILES string of the molecule is CC.CC(CCCNC(=O)/C=C/C(=O)O)Nc1ccnc2cc(Cl)ccc12. The molecular formula is C20H26ClN3O3. The Morgan fingerprint density at radius 1 is 1.26 bits per heavy atom. The highest BCUT2D eigenvalue weighted by molar-refractivity contribution is 6.31. The molecule has 0 aliphatic carbocycles. The molecule has 1 heterocycles. The Kier molecular flexibility index (Phi) is 9.90. The molecule has 6 nitrogen and oxygen atoms in total. The van der Waals surface area contributed by atoms with Crippen molar-refractivity contribution in [1.82, 2.24) is 10.3 Å². The van der Waals surface area contributed by atoms with Gasteiger partial charge in [-0.05, 0) is 44.0 Å². The van der Waals surface area contributed by atoms with E-state index in [0.29, 0.717) is 11.6 Å². The molecule has 0 aliphatic heterocycles. The summed E-state index contributed by atoms with van der Waals surface area (Å²) >= 11 is 5.99. The van der Waals surface area contributed by atoms with E-state index in [2.05, 4.69) is 22.5 Å². The number of benzene rings is 1. The van der Waals surface area contributed by atoms with Gasteiger partial charge in [-0.15, -0.1) is 0 Å². The molecule has 0 bridgehead atoms. The van der Waals surface area contributed by atoms with Crippen LogP contribution < -0.4 is 10.6 Å². The van der Waals surface area contributed by atoms with Gasteiger partial charge < -0.3 is 15.7 Å². The van der Waals surface area contributed by atoms with Crippen LogP contribution >= 0.6 is 11.6 Å². The lowest BCUT2D eigenvalue weighted by molar-refractivity contribution is -0.131. The second-order valence-corrected chi connectivity index (χ2v) is 6.11. The summed E-state index contributed by atoms with van der Waals surface area (Å²) in [6, 6.07) is 7.72. The molecule has 0 aliphatic rings. The molecule has 1 amide bonds. The first-order valence-electron chi connectivity index (χ1n) is 8.95. The number of carbonyl (C=O) groups excluding carboxylic acids is 1. The van der Waals surface area contributed by atoms with Crippen molar-refractivity contribution in [2.75, 3.05) is 11.9 Å². The summed E-state index contributed by atoms with van der Waals surface area (Å²) < 4.78 is 0. The van der Waals surface area contributed by atoms with Crippen LogP contribution in [0.1, 0.15) is 33.6 Å². The van der Waals surface area contributed by atoms with Gasteiger partial charge in [0.1, 0.15) is 0 Å². The van der Waals surface area contributed by atoms with Crippen LogP contribution in [0.5, 0.6) is 0 Å². The van der Waals surface area contributed by atoms with E-state index in [1.807, 2.05) is 38.1 Å². The molecule has 0 fully saturated rings. The molecule has 2 aromatic rings. The predicted molar refractivity (Wildman–Crippen MR) is 110 cm³/mol. The van der Waals surface area contributed by atoms with E-state index in [0.717, 1.165) is 41.6 Å². The number of halogens is 1. The Hall–Kier alpha value is -2.60. The number of nitrogens with one attached hydrogen (secondary N) is 2. The summed E-state index contributed by atoms with van der Waals surface area (Å²) in [6.07, 6.45) is 5.19. The third-order valence-corrected chi connectivity index (χ3v) is 3.83. The van der Waals surface area contributed by atoms with Crippen LogP contribution in [0.25, 0.3) is 10.9 Å². The highest BCUT2D eigenvalue weighted by Gasteiger charge is 2.07. The Morgan fingerprint density at radius 3 is 2.70 bits per heavy atom. The lowest BCUT2D eigenvalue weighted by Gasteiger charge is -2.17.